The van der Waals surface area contributed by atoms with E-state index < -0.39 is 18.7 Å². The van der Waals surface area contributed by atoms with Gasteiger partial charge in [0.25, 0.3) is 0 Å². The molecule has 0 aliphatic heterocycles. The lowest BCUT2D eigenvalue weighted by atomic mass is 10.1. The Morgan fingerprint density at radius 3 is 2.55 bits per heavy atom. The molecule has 3 heteroatoms. The van der Waals surface area contributed by atoms with Gasteiger partial charge in [0, 0.05) is 16.0 Å². The molecule has 0 fully saturated rings. The summed E-state index contributed by atoms with van der Waals surface area (Å²) in [6, 6.07) is 0. The molecule has 2 N–H and O–H groups in total. The average molecular weight is 162 g/mol. The summed E-state index contributed by atoms with van der Waals surface area (Å²) < 4.78 is 21.6. The third-order valence-corrected chi connectivity index (χ3v) is 0.960. The number of carbonyl (C=O) groups is 1. The van der Waals surface area contributed by atoms with Crippen LogP contribution in [0.5, 0.6) is 0 Å². The monoisotopic (exact) mass is 162 g/mol. The summed E-state index contributed by atoms with van der Waals surface area (Å²) >= 11 is 0. The summed E-state index contributed by atoms with van der Waals surface area (Å²) in [5, 5.41) is 11.4. The van der Waals surface area contributed by atoms with Crippen LogP contribution in [0.2, 0.25) is 0 Å². The van der Waals surface area contributed by atoms with Crippen molar-refractivity contribution in [3.63, 3.8) is 0 Å². The van der Waals surface area contributed by atoms with E-state index in [0.717, 1.165) is 0 Å². The molecule has 0 aromatic heterocycles. The molecule has 0 aliphatic rings. The van der Waals surface area contributed by atoms with Gasteiger partial charge in [-0.15, -0.1) is 0 Å². The average Bonchev–Trinajstić information content (AvgIpc) is 1.98. The molecule has 0 rings (SSSR count). The van der Waals surface area contributed by atoms with E-state index in [0.29, 0.717) is 0 Å². The zero-order valence-corrected chi connectivity index (χ0v) is 7.14. The molecule has 0 bridgehead atoms. The molecule has 0 aromatic rings. The Bertz CT molecular complexity index is 213. The molecular formula is C8H17NO2. The molecular weight excluding hydrogens is 142 g/mol. The van der Waals surface area contributed by atoms with Crippen molar-refractivity contribution in [3.05, 3.63) is 0 Å². The molecule has 66 valence electrons. The Balaban J connectivity index is 4.22. The van der Waals surface area contributed by atoms with Gasteiger partial charge in [0.05, 0.1) is 0 Å². The Morgan fingerprint density at radius 2 is 2.18 bits per heavy atom. The van der Waals surface area contributed by atoms with Crippen LogP contribution in [-0.2, 0) is 4.79 Å². The van der Waals surface area contributed by atoms with Crippen LogP contribution < -0.4 is 5.32 Å². The van der Waals surface area contributed by atoms with Crippen LogP contribution in [0.25, 0.3) is 0 Å². The Hall–Kier alpha value is -0.570. The van der Waals surface area contributed by atoms with Crippen LogP contribution in [0.4, 0.5) is 0 Å². The van der Waals surface area contributed by atoms with E-state index in [-0.39, 0.29) is 12.1 Å². The second-order valence-corrected chi connectivity index (χ2v) is 3.28. The first-order chi connectivity index (χ1) is 6.07. The smallest absolute Gasteiger partial charge is 0.303 e. The molecule has 3 nitrogen and oxygen atoms in total. The zero-order valence-electron chi connectivity index (χ0n) is 10.1. The first-order valence-electron chi connectivity index (χ1n) is 5.06. The highest BCUT2D eigenvalue weighted by Crippen LogP contribution is 1.98. The Labute approximate surface area is 72.0 Å². The summed E-state index contributed by atoms with van der Waals surface area (Å²) in [6.45, 7) is 5.63. The molecule has 0 aliphatic carbocycles. The number of aliphatic carboxylic acids is 1. The molecule has 0 saturated heterocycles. The van der Waals surface area contributed by atoms with Crippen molar-refractivity contribution in [2.75, 3.05) is 6.54 Å². The van der Waals surface area contributed by atoms with Crippen molar-refractivity contribution in [1.29, 1.82) is 0 Å². The lowest BCUT2D eigenvalue weighted by Crippen LogP contribution is -2.36. The van der Waals surface area contributed by atoms with Crippen molar-refractivity contribution in [2.24, 2.45) is 0 Å². The maximum absolute atomic E-state index is 10.5. The minimum absolute atomic E-state index is 0.0167. The molecule has 0 heterocycles. The predicted octanol–water partition coefficient (Wildman–Crippen LogP) is 1.24. The first-order valence-corrected chi connectivity index (χ1v) is 3.48. The fraction of sp³-hybridized carbons (Fsp3) is 0.875. The summed E-state index contributed by atoms with van der Waals surface area (Å²) in [7, 11) is 0. The van der Waals surface area contributed by atoms with Crippen LogP contribution in [0.3, 0.4) is 0 Å². The number of rotatable bonds is 4. The number of hydrogen-bond acceptors (Lipinski definition) is 2. The van der Waals surface area contributed by atoms with Gasteiger partial charge < -0.3 is 10.4 Å². The van der Waals surface area contributed by atoms with E-state index in [2.05, 4.69) is 5.32 Å². The van der Waals surface area contributed by atoms with Gasteiger partial charge in [0.2, 0.25) is 0 Å². The highest BCUT2D eigenvalue weighted by Gasteiger charge is 2.07. The van der Waals surface area contributed by atoms with Gasteiger partial charge in [-0.25, -0.2) is 0 Å². The quantitative estimate of drug-likeness (QED) is 0.654. The fourth-order valence-electron chi connectivity index (χ4n) is 0.496. The molecule has 0 saturated carbocycles. The first kappa shape index (κ1) is 6.00. The third-order valence-electron chi connectivity index (χ3n) is 0.960. The highest BCUT2D eigenvalue weighted by atomic mass is 16.4. The van der Waals surface area contributed by atoms with E-state index in [9.17, 15) is 4.79 Å². The van der Waals surface area contributed by atoms with Crippen molar-refractivity contribution in [3.8, 4) is 0 Å². The Morgan fingerprint density at radius 1 is 1.64 bits per heavy atom. The fourth-order valence-corrected chi connectivity index (χ4v) is 0.496. The van der Waals surface area contributed by atoms with Crippen LogP contribution in [0.1, 0.15) is 37.7 Å². The third kappa shape index (κ3) is 9.43. The van der Waals surface area contributed by atoms with Crippen molar-refractivity contribution in [2.45, 2.75) is 39.1 Å². The molecule has 1 atom stereocenters. The topological polar surface area (TPSA) is 49.3 Å². The van der Waals surface area contributed by atoms with Crippen molar-refractivity contribution in [1.82, 2.24) is 5.32 Å². The minimum Gasteiger partial charge on any atom is -0.481 e. The zero-order chi connectivity index (χ0) is 11.6. The minimum atomic E-state index is -2.50. The predicted molar refractivity (Wildman–Crippen MR) is 44.6 cm³/mol. The second kappa shape index (κ2) is 4.34. The summed E-state index contributed by atoms with van der Waals surface area (Å²) in [5.74, 6) is -1.59. The summed E-state index contributed by atoms with van der Waals surface area (Å²) in [6.07, 6.45) is -3.81. The lowest BCUT2D eigenvalue weighted by molar-refractivity contribution is -0.137. The van der Waals surface area contributed by atoms with Gasteiger partial charge in [-0.1, -0.05) is 0 Å². The van der Waals surface area contributed by atoms with E-state index in [1.165, 1.54) is 0 Å². The van der Waals surface area contributed by atoms with Gasteiger partial charge >= 0.3 is 5.97 Å². The second-order valence-electron chi connectivity index (χ2n) is 3.28. The van der Waals surface area contributed by atoms with Gasteiger partial charge in [-0.2, -0.15) is 0 Å². The molecule has 0 aromatic carbocycles. The van der Waals surface area contributed by atoms with Gasteiger partial charge in [0.1, 0.15) is 0 Å². The van der Waals surface area contributed by atoms with Gasteiger partial charge in [-0.3, -0.25) is 4.79 Å². The molecule has 0 spiro atoms. The standard InChI is InChI=1S/C8H17NO2/c1-8(2,3)9-6-4-5-7(10)11/h9H,4-6H2,1-3H3,(H,10,11)/i4D,5D2. The van der Waals surface area contributed by atoms with Crippen LogP contribution in [-0.4, -0.2) is 23.2 Å². The number of carboxylic acids is 1. The van der Waals surface area contributed by atoms with E-state index in [1.807, 2.05) is 20.8 Å². The highest BCUT2D eigenvalue weighted by molar-refractivity contribution is 5.66. The largest absolute Gasteiger partial charge is 0.481 e. The van der Waals surface area contributed by atoms with E-state index >= 15 is 0 Å². The number of hydrogen-bond donors (Lipinski definition) is 2. The normalized spacial score (nSPS) is 19.7. The van der Waals surface area contributed by atoms with Crippen LogP contribution in [0, 0.1) is 0 Å². The number of nitrogens with one attached hydrogen (secondary N) is 1. The maximum Gasteiger partial charge on any atom is 0.303 e. The van der Waals surface area contributed by atoms with E-state index in [1.54, 1.807) is 0 Å². The summed E-state index contributed by atoms with van der Waals surface area (Å²) in [5.41, 5.74) is -0.242. The van der Waals surface area contributed by atoms with Crippen molar-refractivity contribution >= 4 is 5.97 Å². The van der Waals surface area contributed by atoms with Gasteiger partial charge in [0.15, 0.2) is 0 Å². The summed E-state index contributed by atoms with van der Waals surface area (Å²) in [4.78, 5) is 10.5. The maximum atomic E-state index is 10.5. The molecule has 1 unspecified atom stereocenters. The van der Waals surface area contributed by atoms with Crippen LogP contribution in [0.15, 0.2) is 0 Å². The molecule has 0 amide bonds. The Kier molecular flexibility index (Phi) is 2.37. The SMILES string of the molecule is [2H]C(CNC(C)(C)C)C([2H])([2H])C(=O)O. The molecule has 11 heavy (non-hydrogen) atoms. The molecule has 0 radical (unpaired) electrons. The number of carboxylic acid groups (broad SMARTS) is 1. The van der Waals surface area contributed by atoms with Gasteiger partial charge in [-0.05, 0) is 33.7 Å². The van der Waals surface area contributed by atoms with Crippen LogP contribution >= 0.6 is 0 Å². The lowest BCUT2D eigenvalue weighted by Gasteiger charge is -2.19. The van der Waals surface area contributed by atoms with Crippen molar-refractivity contribution < 1.29 is 14.0 Å². The van der Waals surface area contributed by atoms with E-state index in [4.69, 9.17) is 9.22 Å².